The van der Waals surface area contributed by atoms with Crippen molar-refractivity contribution in [3.8, 4) is 0 Å². The molecule has 1 heterocycles. The maximum absolute atomic E-state index is 12.9. The Labute approximate surface area is 170 Å². The molecule has 0 aliphatic carbocycles. The van der Waals surface area contributed by atoms with Crippen LogP contribution in [0.5, 0.6) is 0 Å². The number of para-hydroxylation sites is 2. The van der Waals surface area contributed by atoms with E-state index >= 15 is 0 Å². The molecule has 0 spiro atoms. The van der Waals surface area contributed by atoms with Crippen molar-refractivity contribution in [2.45, 2.75) is 31.2 Å². The molecule has 0 bridgehead atoms. The summed E-state index contributed by atoms with van der Waals surface area (Å²) in [5, 5.41) is 2.95. The maximum atomic E-state index is 12.9. The number of hydrogen-bond donors (Lipinski definition) is 1. The van der Waals surface area contributed by atoms with Crippen LogP contribution in [0.3, 0.4) is 0 Å². The van der Waals surface area contributed by atoms with E-state index in [0.29, 0.717) is 17.9 Å². The summed E-state index contributed by atoms with van der Waals surface area (Å²) in [4.78, 5) is 17.5. The van der Waals surface area contributed by atoms with Crippen molar-refractivity contribution < 1.29 is 17.6 Å². The zero-order valence-corrected chi connectivity index (χ0v) is 17.7. The third kappa shape index (κ3) is 4.65. The number of hydrogen-bond acceptors (Lipinski definition) is 5. The molecule has 0 aliphatic rings. The van der Waals surface area contributed by atoms with Gasteiger partial charge in [-0.15, -0.1) is 0 Å². The van der Waals surface area contributed by atoms with Crippen molar-refractivity contribution in [3.05, 3.63) is 60.0 Å². The van der Waals surface area contributed by atoms with Gasteiger partial charge in [-0.05, 0) is 42.7 Å². The standard InChI is InChI=1S/C21H25N3O4S/c1-14(2)12-18(21-23-17-10-5-6-11-19(17)28-21)22-20(25)15-8-7-9-16(13-15)29(26,27)24(3)4/h5-11,13-14,18H,12H2,1-4H3,(H,22,25)/t18-/m0/s1. The molecule has 29 heavy (non-hydrogen) atoms. The molecule has 154 valence electrons. The SMILES string of the molecule is CC(C)C[C@H](NC(=O)c1cccc(S(=O)(=O)N(C)C)c1)c1nc2ccccc2o1. The molecule has 1 amide bonds. The molecule has 8 heteroatoms. The minimum atomic E-state index is -3.63. The Bertz CT molecular complexity index is 1090. The summed E-state index contributed by atoms with van der Waals surface area (Å²) >= 11 is 0. The maximum Gasteiger partial charge on any atom is 0.251 e. The summed E-state index contributed by atoms with van der Waals surface area (Å²) in [5.41, 5.74) is 1.65. The Morgan fingerprint density at radius 1 is 1.14 bits per heavy atom. The van der Waals surface area contributed by atoms with Crippen molar-refractivity contribution in [1.29, 1.82) is 0 Å². The van der Waals surface area contributed by atoms with Crippen LogP contribution in [0.1, 0.15) is 42.6 Å². The fourth-order valence-corrected chi connectivity index (χ4v) is 3.93. The van der Waals surface area contributed by atoms with Crippen molar-refractivity contribution >= 4 is 27.0 Å². The second-order valence-electron chi connectivity index (χ2n) is 7.49. The predicted molar refractivity (Wildman–Crippen MR) is 111 cm³/mol. The second-order valence-corrected chi connectivity index (χ2v) is 9.64. The molecule has 0 saturated carbocycles. The van der Waals surface area contributed by atoms with Crippen LogP contribution in [-0.2, 0) is 10.0 Å². The third-order valence-electron chi connectivity index (χ3n) is 4.50. The van der Waals surface area contributed by atoms with Gasteiger partial charge in [0.05, 0.1) is 4.90 Å². The number of amides is 1. The van der Waals surface area contributed by atoms with E-state index in [9.17, 15) is 13.2 Å². The van der Waals surface area contributed by atoms with E-state index in [1.165, 1.54) is 26.2 Å². The molecule has 7 nitrogen and oxygen atoms in total. The summed E-state index contributed by atoms with van der Waals surface area (Å²) in [5.74, 6) is 0.342. The number of oxazole rings is 1. The Balaban J connectivity index is 1.89. The lowest BCUT2D eigenvalue weighted by Crippen LogP contribution is -2.30. The van der Waals surface area contributed by atoms with Crippen LogP contribution in [-0.4, -0.2) is 37.7 Å². The molecule has 0 radical (unpaired) electrons. The highest BCUT2D eigenvalue weighted by Crippen LogP contribution is 2.25. The van der Waals surface area contributed by atoms with E-state index in [-0.39, 0.29) is 22.3 Å². The first-order valence-electron chi connectivity index (χ1n) is 9.37. The summed E-state index contributed by atoms with van der Waals surface area (Å²) in [6.07, 6.45) is 0.633. The van der Waals surface area contributed by atoms with Gasteiger partial charge in [0.25, 0.3) is 5.91 Å². The number of nitrogens with zero attached hydrogens (tertiary/aromatic N) is 2. The number of aromatic nitrogens is 1. The highest BCUT2D eigenvalue weighted by atomic mass is 32.2. The van der Waals surface area contributed by atoms with E-state index in [1.54, 1.807) is 12.1 Å². The summed E-state index contributed by atoms with van der Waals surface area (Å²) in [6, 6.07) is 13.0. The number of fused-ring (bicyclic) bond motifs is 1. The topological polar surface area (TPSA) is 92.5 Å². The van der Waals surface area contributed by atoms with Crippen LogP contribution in [0.2, 0.25) is 0 Å². The first-order chi connectivity index (χ1) is 13.7. The molecule has 0 unspecified atom stereocenters. The van der Waals surface area contributed by atoms with E-state index in [4.69, 9.17) is 4.42 Å². The first kappa shape index (κ1) is 21.0. The number of nitrogens with one attached hydrogen (secondary N) is 1. The quantitative estimate of drug-likeness (QED) is 0.636. The van der Waals surface area contributed by atoms with Gasteiger partial charge in [0.15, 0.2) is 5.58 Å². The van der Waals surface area contributed by atoms with Crippen LogP contribution >= 0.6 is 0 Å². The third-order valence-corrected chi connectivity index (χ3v) is 6.31. The van der Waals surface area contributed by atoms with Gasteiger partial charge in [-0.1, -0.05) is 32.0 Å². The average molecular weight is 416 g/mol. The van der Waals surface area contributed by atoms with Gasteiger partial charge in [-0.3, -0.25) is 4.79 Å². The average Bonchev–Trinajstić information content (AvgIpc) is 3.11. The number of sulfonamides is 1. The predicted octanol–water partition coefficient (Wildman–Crippen LogP) is 3.60. The highest BCUT2D eigenvalue weighted by Gasteiger charge is 2.24. The zero-order valence-electron chi connectivity index (χ0n) is 16.9. The fraction of sp³-hybridized carbons (Fsp3) is 0.333. The molecule has 1 atom stereocenters. The Kier molecular flexibility index (Phi) is 6.04. The van der Waals surface area contributed by atoms with Crippen molar-refractivity contribution in [2.75, 3.05) is 14.1 Å². The molecule has 0 fully saturated rings. The number of carbonyl (C=O) groups excluding carboxylic acids is 1. The van der Waals surface area contributed by atoms with Crippen LogP contribution < -0.4 is 5.32 Å². The van der Waals surface area contributed by atoms with E-state index < -0.39 is 16.1 Å². The Hall–Kier alpha value is -2.71. The summed E-state index contributed by atoms with van der Waals surface area (Å²) < 4.78 is 31.7. The summed E-state index contributed by atoms with van der Waals surface area (Å²) in [7, 11) is -0.723. The number of carbonyl (C=O) groups is 1. The lowest BCUT2D eigenvalue weighted by molar-refractivity contribution is 0.0924. The van der Waals surface area contributed by atoms with Gasteiger partial charge in [0.1, 0.15) is 11.6 Å². The minimum absolute atomic E-state index is 0.0671. The largest absolute Gasteiger partial charge is 0.438 e. The molecule has 1 aromatic heterocycles. The molecule has 2 aromatic carbocycles. The number of benzene rings is 2. The molecule has 3 rings (SSSR count). The molecule has 3 aromatic rings. The van der Waals surface area contributed by atoms with Crippen molar-refractivity contribution in [1.82, 2.24) is 14.6 Å². The van der Waals surface area contributed by atoms with E-state index in [0.717, 1.165) is 9.82 Å². The number of rotatable bonds is 7. The first-order valence-corrected chi connectivity index (χ1v) is 10.8. The molecule has 0 aliphatic heterocycles. The van der Waals surface area contributed by atoms with Gasteiger partial charge >= 0.3 is 0 Å². The lowest BCUT2D eigenvalue weighted by Gasteiger charge is -2.18. The van der Waals surface area contributed by atoms with Gasteiger partial charge in [-0.2, -0.15) is 0 Å². The van der Waals surface area contributed by atoms with E-state index in [1.807, 2.05) is 38.1 Å². The fourth-order valence-electron chi connectivity index (χ4n) is 2.98. The summed E-state index contributed by atoms with van der Waals surface area (Å²) in [6.45, 7) is 4.10. The highest BCUT2D eigenvalue weighted by molar-refractivity contribution is 7.89. The van der Waals surface area contributed by atoms with Crippen LogP contribution in [0.15, 0.2) is 57.8 Å². The molecule has 1 N–H and O–H groups in total. The minimum Gasteiger partial charge on any atom is -0.438 e. The monoisotopic (exact) mass is 415 g/mol. The van der Waals surface area contributed by atoms with Gasteiger partial charge in [0.2, 0.25) is 15.9 Å². The van der Waals surface area contributed by atoms with E-state index in [2.05, 4.69) is 10.3 Å². The molecular weight excluding hydrogens is 390 g/mol. The van der Waals surface area contributed by atoms with Crippen molar-refractivity contribution in [3.63, 3.8) is 0 Å². The van der Waals surface area contributed by atoms with Crippen LogP contribution in [0.4, 0.5) is 0 Å². The molecule has 0 saturated heterocycles. The normalized spacial score (nSPS) is 13.2. The van der Waals surface area contributed by atoms with Crippen LogP contribution in [0, 0.1) is 5.92 Å². The zero-order chi connectivity index (χ0) is 21.2. The van der Waals surface area contributed by atoms with Crippen LogP contribution in [0.25, 0.3) is 11.1 Å². The second kappa shape index (κ2) is 8.34. The molecular formula is C21H25N3O4S. The Morgan fingerprint density at radius 2 is 1.86 bits per heavy atom. The van der Waals surface area contributed by atoms with Gasteiger partial charge < -0.3 is 9.73 Å². The lowest BCUT2D eigenvalue weighted by atomic mass is 10.0. The van der Waals surface area contributed by atoms with Crippen molar-refractivity contribution in [2.24, 2.45) is 5.92 Å². The Morgan fingerprint density at radius 3 is 2.52 bits per heavy atom. The smallest absolute Gasteiger partial charge is 0.251 e. The van der Waals surface area contributed by atoms with Gasteiger partial charge in [0, 0.05) is 19.7 Å². The van der Waals surface area contributed by atoms with Gasteiger partial charge in [-0.25, -0.2) is 17.7 Å².